The largest absolute Gasteiger partial charge is 0.399 e. The number of benzene rings is 2. The molecule has 3 N–H and O–H groups in total. The van der Waals surface area contributed by atoms with E-state index in [1.807, 2.05) is 6.07 Å². The minimum atomic E-state index is -0.544. The van der Waals surface area contributed by atoms with E-state index < -0.39 is 11.7 Å². The van der Waals surface area contributed by atoms with Crippen molar-refractivity contribution in [2.75, 3.05) is 11.1 Å². The summed E-state index contributed by atoms with van der Waals surface area (Å²) in [4.78, 5) is 11.9. The molecule has 0 fully saturated rings. The van der Waals surface area contributed by atoms with Gasteiger partial charge in [-0.3, -0.25) is 4.79 Å². The number of carbonyl (C=O) groups excluding carboxylic acids is 1. The minimum absolute atomic E-state index is 0.0450. The first-order chi connectivity index (χ1) is 8.58. The van der Waals surface area contributed by atoms with Crippen LogP contribution in [0.1, 0.15) is 15.9 Å². The van der Waals surface area contributed by atoms with E-state index in [0.717, 1.165) is 0 Å². The van der Waals surface area contributed by atoms with E-state index in [0.29, 0.717) is 16.9 Å². The predicted octanol–water partition coefficient (Wildman–Crippen LogP) is 2.97. The van der Waals surface area contributed by atoms with Gasteiger partial charge < -0.3 is 11.1 Å². The fraction of sp³-hybridized carbons (Fsp3) is 0.0714. The van der Waals surface area contributed by atoms with Crippen molar-refractivity contribution in [3.05, 3.63) is 59.4 Å². The van der Waals surface area contributed by atoms with Crippen LogP contribution in [0.2, 0.25) is 0 Å². The van der Waals surface area contributed by atoms with E-state index in [9.17, 15) is 9.18 Å². The van der Waals surface area contributed by atoms with Gasteiger partial charge in [-0.1, -0.05) is 18.2 Å². The Labute approximate surface area is 104 Å². The first-order valence-electron chi connectivity index (χ1n) is 5.50. The Morgan fingerprint density at radius 1 is 1.22 bits per heavy atom. The lowest BCUT2D eigenvalue weighted by Gasteiger charge is -2.08. The third-order valence-electron chi connectivity index (χ3n) is 2.55. The van der Waals surface area contributed by atoms with Crippen LogP contribution in [0.25, 0.3) is 0 Å². The molecule has 0 radical (unpaired) electrons. The normalized spacial score (nSPS) is 10.1. The third-order valence-corrected chi connectivity index (χ3v) is 2.55. The summed E-state index contributed by atoms with van der Waals surface area (Å²) in [6.45, 7) is 1.57. The van der Waals surface area contributed by atoms with E-state index in [1.54, 1.807) is 31.2 Å². The number of carbonyl (C=O) groups is 1. The predicted molar refractivity (Wildman–Crippen MR) is 69.9 cm³/mol. The molecule has 18 heavy (non-hydrogen) atoms. The molecule has 0 aromatic heterocycles. The summed E-state index contributed by atoms with van der Waals surface area (Å²) in [6.07, 6.45) is 0. The van der Waals surface area contributed by atoms with E-state index >= 15 is 0 Å². The molecular formula is C14H13FN2O. The van der Waals surface area contributed by atoms with Crippen LogP contribution in [0.15, 0.2) is 42.5 Å². The van der Waals surface area contributed by atoms with E-state index in [1.165, 1.54) is 12.1 Å². The van der Waals surface area contributed by atoms with Crippen LogP contribution in [-0.4, -0.2) is 5.91 Å². The van der Waals surface area contributed by atoms with Crippen molar-refractivity contribution in [1.29, 1.82) is 0 Å². The molecule has 0 saturated carbocycles. The van der Waals surface area contributed by atoms with Crippen LogP contribution in [0.4, 0.5) is 15.8 Å². The topological polar surface area (TPSA) is 55.1 Å². The number of rotatable bonds is 2. The molecule has 0 spiro atoms. The van der Waals surface area contributed by atoms with Crippen molar-refractivity contribution >= 4 is 17.3 Å². The number of anilines is 2. The molecule has 0 saturated heterocycles. The molecule has 0 aliphatic rings. The molecule has 3 nitrogen and oxygen atoms in total. The van der Waals surface area contributed by atoms with Crippen molar-refractivity contribution < 1.29 is 9.18 Å². The summed E-state index contributed by atoms with van der Waals surface area (Å²) in [5.41, 5.74) is 6.90. The monoisotopic (exact) mass is 244 g/mol. The highest BCUT2D eigenvalue weighted by Crippen LogP contribution is 2.18. The van der Waals surface area contributed by atoms with Crippen molar-refractivity contribution in [3.8, 4) is 0 Å². The van der Waals surface area contributed by atoms with Gasteiger partial charge in [0.1, 0.15) is 5.82 Å². The average Bonchev–Trinajstić information content (AvgIpc) is 2.35. The first kappa shape index (κ1) is 12.1. The van der Waals surface area contributed by atoms with Crippen LogP contribution >= 0.6 is 0 Å². The van der Waals surface area contributed by atoms with E-state index in [4.69, 9.17) is 5.73 Å². The molecule has 0 aliphatic carbocycles. The zero-order valence-corrected chi connectivity index (χ0v) is 9.91. The van der Waals surface area contributed by atoms with Crippen LogP contribution in [0.3, 0.4) is 0 Å². The van der Waals surface area contributed by atoms with Gasteiger partial charge in [0.25, 0.3) is 5.91 Å². The van der Waals surface area contributed by atoms with Crippen LogP contribution < -0.4 is 11.1 Å². The maximum atomic E-state index is 13.8. The zero-order valence-electron chi connectivity index (χ0n) is 9.91. The maximum absolute atomic E-state index is 13.8. The lowest BCUT2D eigenvalue weighted by Crippen LogP contribution is -2.14. The SMILES string of the molecule is Cc1cc(N)cc(C(=O)Nc2ccccc2)c1F. The molecular weight excluding hydrogens is 231 g/mol. The number of nitrogens with two attached hydrogens (primary N) is 1. The highest BCUT2D eigenvalue weighted by atomic mass is 19.1. The van der Waals surface area contributed by atoms with Gasteiger partial charge in [0.2, 0.25) is 0 Å². The second kappa shape index (κ2) is 4.87. The Bertz CT molecular complexity index is 582. The Morgan fingerprint density at radius 2 is 1.89 bits per heavy atom. The first-order valence-corrected chi connectivity index (χ1v) is 5.50. The van der Waals surface area contributed by atoms with Gasteiger partial charge in [-0.05, 0) is 36.8 Å². The standard InChI is InChI=1S/C14H13FN2O/c1-9-7-10(16)8-12(13(9)15)14(18)17-11-5-3-2-4-6-11/h2-8H,16H2,1H3,(H,17,18). The number of nitrogen functional groups attached to an aromatic ring is 1. The number of hydrogen-bond acceptors (Lipinski definition) is 2. The second-order valence-electron chi connectivity index (χ2n) is 4.02. The van der Waals surface area contributed by atoms with Gasteiger partial charge in [0.05, 0.1) is 5.56 Å². The molecule has 92 valence electrons. The molecule has 2 aromatic carbocycles. The number of hydrogen-bond donors (Lipinski definition) is 2. The molecule has 2 aromatic rings. The molecule has 2 rings (SSSR count). The fourth-order valence-electron chi connectivity index (χ4n) is 1.68. The zero-order chi connectivity index (χ0) is 13.1. The lowest BCUT2D eigenvalue weighted by molar-refractivity contribution is 0.102. The van der Waals surface area contributed by atoms with Crippen molar-refractivity contribution in [2.24, 2.45) is 0 Å². The van der Waals surface area contributed by atoms with Gasteiger partial charge in [0.15, 0.2) is 0 Å². The molecule has 0 bridgehead atoms. The summed E-state index contributed by atoms with van der Waals surface area (Å²) in [7, 11) is 0. The quantitative estimate of drug-likeness (QED) is 0.798. The maximum Gasteiger partial charge on any atom is 0.258 e. The summed E-state index contributed by atoms with van der Waals surface area (Å²) in [5, 5.41) is 2.62. The lowest BCUT2D eigenvalue weighted by atomic mass is 10.1. The van der Waals surface area contributed by atoms with Crippen molar-refractivity contribution in [2.45, 2.75) is 6.92 Å². The molecule has 0 unspecified atom stereocenters. The van der Waals surface area contributed by atoms with Gasteiger partial charge in [-0.25, -0.2) is 4.39 Å². The Kier molecular flexibility index (Phi) is 3.28. The highest BCUT2D eigenvalue weighted by molar-refractivity contribution is 6.05. The smallest absolute Gasteiger partial charge is 0.258 e. The van der Waals surface area contributed by atoms with Crippen LogP contribution in [0, 0.1) is 12.7 Å². The Balaban J connectivity index is 2.30. The second-order valence-corrected chi connectivity index (χ2v) is 4.02. The Morgan fingerprint density at radius 3 is 2.56 bits per heavy atom. The fourth-order valence-corrected chi connectivity index (χ4v) is 1.68. The van der Waals surface area contributed by atoms with Gasteiger partial charge in [0, 0.05) is 11.4 Å². The summed E-state index contributed by atoms with van der Waals surface area (Å²) in [5.74, 6) is -1.05. The molecule has 4 heteroatoms. The summed E-state index contributed by atoms with van der Waals surface area (Å²) < 4.78 is 13.8. The summed E-state index contributed by atoms with van der Waals surface area (Å²) >= 11 is 0. The van der Waals surface area contributed by atoms with Gasteiger partial charge in [-0.15, -0.1) is 0 Å². The van der Waals surface area contributed by atoms with E-state index in [-0.39, 0.29) is 5.56 Å². The third kappa shape index (κ3) is 2.48. The van der Waals surface area contributed by atoms with Crippen molar-refractivity contribution in [1.82, 2.24) is 0 Å². The number of halogens is 1. The molecule has 0 heterocycles. The number of amides is 1. The average molecular weight is 244 g/mol. The Hall–Kier alpha value is -2.36. The number of aryl methyl sites for hydroxylation is 1. The summed E-state index contributed by atoms with van der Waals surface area (Å²) in [6, 6.07) is 11.7. The van der Waals surface area contributed by atoms with Gasteiger partial charge >= 0.3 is 0 Å². The molecule has 0 aliphatic heterocycles. The van der Waals surface area contributed by atoms with E-state index in [2.05, 4.69) is 5.32 Å². The highest BCUT2D eigenvalue weighted by Gasteiger charge is 2.14. The van der Waals surface area contributed by atoms with Gasteiger partial charge in [-0.2, -0.15) is 0 Å². The molecule has 1 amide bonds. The number of para-hydroxylation sites is 1. The minimum Gasteiger partial charge on any atom is -0.399 e. The molecule has 0 atom stereocenters. The van der Waals surface area contributed by atoms with Crippen molar-refractivity contribution in [3.63, 3.8) is 0 Å². The van der Waals surface area contributed by atoms with Crippen LogP contribution in [0.5, 0.6) is 0 Å². The van der Waals surface area contributed by atoms with Crippen LogP contribution in [-0.2, 0) is 0 Å². The number of nitrogens with one attached hydrogen (secondary N) is 1.